The van der Waals surface area contributed by atoms with Gasteiger partial charge in [-0.25, -0.2) is 0 Å². The Morgan fingerprint density at radius 1 is 1.24 bits per heavy atom. The number of aromatic nitrogens is 2. The molecule has 132 valence electrons. The molecular weight excluding hydrogens is 324 g/mol. The van der Waals surface area contributed by atoms with Crippen LogP contribution in [0, 0.1) is 6.92 Å². The van der Waals surface area contributed by atoms with Crippen LogP contribution < -0.4 is 15.4 Å². The van der Waals surface area contributed by atoms with Crippen LogP contribution in [0.1, 0.15) is 40.8 Å². The molecule has 0 bridgehead atoms. The quantitative estimate of drug-likeness (QED) is 0.697. The van der Waals surface area contributed by atoms with Gasteiger partial charge in [-0.2, -0.15) is 4.98 Å². The molecule has 2 aromatic rings. The first-order valence-electron chi connectivity index (χ1n) is 8.20. The minimum atomic E-state index is -0.440. The second-order valence-electron chi connectivity index (χ2n) is 5.89. The normalized spacial score (nSPS) is 13.3. The van der Waals surface area contributed by atoms with Crippen LogP contribution in [-0.2, 0) is 4.79 Å². The lowest BCUT2D eigenvalue weighted by atomic mass is 10.2. The largest absolute Gasteiger partial charge is 0.484 e. The van der Waals surface area contributed by atoms with Crippen LogP contribution in [0.2, 0.25) is 0 Å². The summed E-state index contributed by atoms with van der Waals surface area (Å²) in [5, 5.41) is 9.07. The fraction of sp³-hybridized carbons (Fsp3) is 0.412. The average Bonchev–Trinajstić information content (AvgIpc) is 3.34. The Balaban J connectivity index is 1.32. The number of hydrogen-bond acceptors (Lipinski definition) is 6. The van der Waals surface area contributed by atoms with Gasteiger partial charge in [-0.15, -0.1) is 0 Å². The van der Waals surface area contributed by atoms with Gasteiger partial charge in [0, 0.05) is 19.0 Å². The van der Waals surface area contributed by atoms with Crippen LogP contribution in [0.15, 0.2) is 28.8 Å². The van der Waals surface area contributed by atoms with Crippen molar-refractivity contribution in [3.8, 4) is 5.75 Å². The first-order chi connectivity index (χ1) is 12.1. The number of para-hydroxylation sites is 1. The highest BCUT2D eigenvalue weighted by atomic mass is 16.5. The van der Waals surface area contributed by atoms with E-state index in [1.54, 1.807) is 0 Å². The molecule has 1 aromatic carbocycles. The third-order valence-corrected chi connectivity index (χ3v) is 3.76. The smallest absolute Gasteiger partial charge is 0.315 e. The van der Waals surface area contributed by atoms with Crippen molar-refractivity contribution in [2.75, 3.05) is 19.7 Å². The van der Waals surface area contributed by atoms with Gasteiger partial charge >= 0.3 is 11.8 Å². The molecule has 1 aromatic heterocycles. The molecule has 0 unspecified atom stereocenters. The number of benzene rings is 1. The standard InChI is InChI=1S/C17H20N4O4/c1-11-4-2-3-5-13(11)24-10-14(22)18-8-9-19-16(23)17-20-15(21-25-17)12-6-7-12/h2-5,12H,6-10H2,1H3,(H,18,22)(H,19,23). The summed E-state index contributed by atoms with van der Waals surface area (Å²) in [6, 6.07) is 7.47. The van der Waals surface area contributed by atoms with Crippen LogP contribution in [-0.4, -0.2) is 41.7 Å². The van der Waals surface area contributed by atoms with Crippen LogP contribution in [0.3, 0.4) is 0 Å². The first-order valence-corrected chi connectivity index (χ1v) is 8.20. The molecule has 1 saturated carbocycles. The summed E-state index contributed by atoms with van der Waals surface area (Å²) in [5.74, 6) is 0.852. The van der Waals surface area contributed by atoms with E-state index < -0.39 is 5.91 Å². The predicted octanol–water partition coefficient (Wildman–Crippen LogP) is 1.18. The predicted molar refractivity (Wildman–Crippen MR) is 88.3 cm³/mol. The van der Waals surface area contributed by atoms with E-state index >= 15 is 0 Å². The fourth-order valence-corrected chi connectivity index (χ4v) is 2.20. The van der Waals surface area contributed by atoms with Crippen LogP contribution >= 0.6 is 0 Å². The molecule has 1 heterocycles. The molecule has 0 saturated heterocycles. The van der Waals surface area contributed by atoms with Crippen molar-refractivity contribution < 1.29 is 18.8 Å². The zero-order valence-electron chi connectivity index (χ0n) is 13.9. The molecule has 1 fully saturated rings. The Morgan fingerprint density at radius 3 is 2.76 bits per heavy atom. The Kier molecular flexibility index (Phi) is 5.27. The highest BCUT2D eigenvalue weighted by molar-refractivity contribution is 5.89. The van der Waals surface area contributed by atoms with E-state index in [2.05, 4.69) is 20.8 Å². The molecule has 1 aliphatic rings. The number of ether oxygens (including phenoxy) is 1. The van der Waals surface area contributed by atoms with Gasteiger partial charge in [-0.3, -0.25) is 9.59 Å². The van der Waals surface area contributed by atoms with E-state index in [9.17, 15) is 9.59 Å². The van der Waals surface area contributed by atoms with Crippen LogP contribution in [0.25, 0.3) is 0 Å². The maximum atomic E-state index is 11.8. The average molecular weight is 344 g/mol. The summed E-state index contributed by atoms with van der Waals surface area (Å²) in [7, 11) is 0. The SMILES string of the molecule is Cc1ccccc1OCC(=O)NCCNC(=O)c1nc(C2CC2)no1. The number of rotatable bonds is 8. The number of carbonyl (C=O) groups excluding carboxylic acids is 2. The Labute approximate surface area is 144 Å². The van der Waals surface area contributed by atoms with Crippen LogP contribution in [0.5, 0.6) is 5.75 Å². The lowest BCUT2D eigenvalue weighted by molar-refractivity contribution is -0.123. The van der Waals surface area contributed by atoms with Gasteiger partial charge in [0.15, 0.2) is 12.4 Å². The van der Waals surface area contributed by atoms with Gasteiger partial charge in [0.05, 0.1) is 0 Å². The number of nitrogens with zero attached hydrogens (tertiary/aromatic N) is 2. The molecule has 2 N–H and O–H groups in total. The molecule has 0 atom stereocenters. The molecule has 0 aliphatic heterocycles. The minimum Gasteiger partial charge on any atom is -0.484 e. The molecular formula is C17H20N4O4. The van der Waals surface area contributed by atoms with E-state index in [0.717, 1.165) is 18.4 Å². The number of carbonyl (C=O) groups is 2. The van der Waals surface area contributed by atoms with Crippen molar-refractivity contribution in [2.45, 2.75) is 25.7 Å². The van der Waals surface area contributed by atoms with E-state index in [0.29, 0.717) is 17.5 Å². The lowest BCUT2D eigenvalue weighted by Crippen LogP contribution is -2.36. The third-order valence-electron chi connectivity index (χ3n) is 3.76. The summed E-state index contributed by atoms with van der Waals surface area (Å²) in [6.45, 7) is 2.38. The number of hydrogen-bond donors (Lipinski definition) is 2. The zero-order chi connectivity index (χ0) is 17.6. The van der Waals surface area contributed by atoms with Gasteiger partial charge in [0.25, 0.3) is 5.91 Å². The molecule has 8 nitrogen and oxygen atoms in total. The molecule has 3 rings (SSSR count). The highest BCUT2D eigenvalue weighted by Crippen LogP contribution is 2.38. The zero-order valence-corrected chi connectivity index (χ0v) is 13.9. The topological polar surface area (TPSA) is 106 Å². The number of nitrogens with one attached hydrogen (secondary N) is 2. The minimum absolute atomic E-state index is 0.0453. The van der Waals surface area contributed by atoms with Gasteiger partial charge in [-0.05, 0) is 31.4 Å². The summed E-state index contributed by atoms with van der Waals surface area (Å²) in [5.41, 5.74) is 0.965. The number of aryl methyl sites for hydroxylation is 1. The summed E-state index contributed by atoms with van der Waals surface area (Å²) >= 11 is 0. The first kappa shape index (κ1) is 16.9. The molecule has 2 amide bonds. The Morgan fingerprint density at radius 2 is 2.00 bits per heavy atom. The lowest BCUT2D eigenvalue weighted by Gasteiger charge is -2.09. The van der Waals surface area contributed by atoms with Crippen molar-refractivity contribution in [2.24, 2.45) is 0 Å². The molecule has 0 spiro atoms. The molecule has 1 aliphatic carbocycles. The highest BCUT2D eigenvalue weighted by Gasteiger charge is 2.29. The molecule has 8 heteroatoms. The maximum Gasteiger partial charge on any atom is 0.315 e. The van der Waals surface area contributed by atoms with Crippen molar-refractivity contribution in [1.82, 2.24) is 20.8 Å². The van der Waals surface area contributed by atoms with Gasteiger partial charge in [0.1, 0.15) is 5.75 Å². The Bertz CT molecular complexity index is 755. The Hall–Kier alpha value is -2.90. The van der Waals surface area contributed by atoms with Crippen molar-refractivity contribution >= 4 is 11.8 Å². The fourth-order valence-electron chi connectivity index (χ4n) is 2.20. The summed E-state index contributed by atoms with van der Waals surface area (Å²) in [6.07, 6.45) is 2.08. The second kappa shape index (κ2) is 7.78. The van der Waals surface area contributed by atoms with Gasteiger partial charge in [0.2, 0.25) is 0 Å². The van der Waals surface area contributed by atoms with E-state index in [1.165, 1.54) is 0 Å². The van der Waals surface area contributed by atoms with Crippen LogP contribution in [0.4, 0.5) is 0 Å². The summed E-state index contributed by atoms with van der Waals surface area (Å²) in [4.78, 5) is 27.6. The van der Waals surface area contributed by atoms with Gasteiger partial charge < -0.3 is 19.9 Å². The van der Waals surface area contributed by atoms with E-state index in [1.807, 2.05) is 31.2 Å². The monoisotopic (exact) mass is 344 g/mol. The number of amides is 2. The summed E-state index contributed by atoms with van der Waals surface area (Å²) < 4.78 is 10.4. The second-order valence-corrected chi connectivity index (χ2v) is 5.89. The third kappa shape index (κ3) is 4.79. The molecule has 25 heavy (non-hydrogen) atoms. The van der Waals surface area contributed by atoms with Crippen molar-refractivity contribution in [1.29, 1.82) is 0 Å². The van der Waals surface area contributed by atoms with Crippen molar-refractivity contribution in [3.05, 3.63) is 41.5 Å². The maximum absolute atomic E-state index is 11.8. The van der Waals surface area contributed by atoms with E-state index in [4.69, 9.17) is 9.26 Å². The van der Waals surface area contributed by atoms with E-state index in [-0.39, 0.29) is 31.5 Å². The van der Waals surface area contributed by atoms with Gasteiger partial charge in [-0.1, -0.05) is 23.4 Å². The van der Waals surface area contributed by atoms with Crippen molar-refractivity contribution in [3.63, 3.8) is 0 Å². The molecule has 0 radical (unpaired) electrons.